The molecular weight excluding hydrogens is 357 g/mol. The van der Waals surface area contributed by atoms with E-state index in [1.807, 2.05) is 19.4 Å². The Morgan fingerprint density at radius 1 is 1.31 bits per heavy atom. The van der Waals surface area contributed by atoms with Gasteiger partial charge in [0.2, 0.25) is 0 Å². The van der Waals surface area contributed by atoms with E-state index in [-0.39, 0.29) is 12.3 Å². The molecule has 26 heavy (non-hydrogen) atoms. The van der Waals surface area contributed by atoms with Gasteiger partial charge in [-0.3, -0.25) is 9.67 Å². The lowest BCUT2D eigenvalue weighted by molar-refractivity contribution is 0.599. The van der Waals surface area contributed by atoms with Crippen molar-refractivity contribution in [3.63, 3.8) is 0 Å². The predicted octanol–water partition coefficient (Wildman–Crippen LogP) is 1.01. The van der Waals surface area contributed by atoms with Gasteiger partial charge in [-0.15, -0.1) is 0 Å². The molecule has 1 aromatic carbocycles. The number of benzene rings is 1. The summed E-state index contributed by atoms with van der Waals surface area (Å²) in [6.07, 6.45) is 5.70. The van der Waals surface area contributed by atoms with Crippen LogP contribution in [0, 0.1) is 5.82 Å². The molecule has 2 N–H and O–H groups in total. The van der Waals surface area contributed by atoms with Crippen molar-refractivity contribution in [3.8, 4) is 0 Å². The van der Waals surface area contributed by atoms with Crippen molar-refractivity contribution in [1.29, 1.82) is 0 Å². The van der Waals surface area contributed by atoms with E-state index in [1.54, 1.807) is 11.7 Å². The van der Waals surface area contributed by atoms with Crippen LogP contribution < -0.4 is 10.6 Å². The van der Waals surface area contributed by atoms with Gasteiger partial charge >= 0.3 is 0 Å². The maximum atomic E-state index is 13.5. The standard InChI is InChI=1S/C17H24FN5O2S/c1-19-17(20-7-6-13-9-22-23(2)11-13)21-10-15-8-16(18)5-4-14(15)12-26(3,24)25/h4-5,8-9,11H,6-7,10,12H2,1-3H3,(H2,19,20,21). The molecule has 0 amide bonds. The van der Waals surface area contributed by atoms with Crippen molar-refractivity contribution in [2.45, 2.75) is 18.7 Å². The molecule has 0 bridgehead atoms. The van der Waals surface area contributed by atoms with E-state index in [9.17, 15) is 12.8 Å². The molecule has 1 heterocycles. The van der Waals surface area contributed by atoms with Gasteiger partial charge in [-0.2, -0.15) is 5.10 Å². The van der Waals surface area contributed by atoms with Crippen LogP contribution in [0.1, 0.15) is 16.7 Å². The molecule has 0 aliphatic carbocycles. The van der Waals surface area contributed by atoms with E-state index >= 15 is 0 Å². The molecule has 9 heteroatoms. The number of hydrogen-bond donors (Lipinski definition) is 2. The molecule has 2 rings (SSSR count). The highest BCUT2D eigenvalue weighted by Crippen LogP contribution is 2.14. The average molecular weight is 381 g/mol. The summed E-state index contributed by atoms with van der Waals surface area (Å²) in [5.41, 5.74) is 2.27. The summed E-state index contributed by atoms with van der Waals surface area (Å²) in [7, 11) is 0.303. The number of guanidine groups is 1. The number of aliphatic imine (C=N–C) groups is 1. The van der Waals surface area contributed by atoms with Gasteiger partial charge in [0.05, 0.1) is 11.9 Å². The van der Waals surface area contributed by atoms with Crippen LogP contribution in [0.25, 0.3) is 0 Å². The number of aromatic nitrogens is 2. The molecule has 0 aliphatic heterocycles. The Labute approximate surface area is 153 Å². The molecule has 0 radical (unpaired) electrons. The van der Waals surface area contributed by atoms with Gasteiger partial charge in [0.1, 0.15) is 5.82 Å². The largest absolute Gasteiger partial charge is 0.356 e. The van der Waals surface area contributed by atoms with Crippen molar-refractivity contribution in [1.82, 2.24) is 20.4 Å². The van der Waals surface area contributed by atoms with E-state index in [2.05, 4.69) is 20.7 Å². The average Bonchev–Trinajstić information content (AvgIpc) is 2.97. The lowest BCUT2D eigenvalue weighted by Gasteiger charge is -2.14. The van der Waals surface area contributed by atoms with Crippen LogP contribution in [0.4, 0.5) is 4.39 Å². The molecule has 0 saturated heterocycles. The van der Waals surface area contributed by atoms with Gasteiger partial charge in [-0.25, -0.2) is 12.8 Å². The quantitative estimate of drug-likeness (QED) is 0.552. The van der Waals surface area contributed by atoms with Gasteiger partial charge in [0.15, 0.2) is 15.8 Å². The van der Waals surface area contributed by atoms with Crippen LogP contribution in [0.5, 0.6) is 0 Å². The molecule has 0 saturated carbocycles. The molecule has 7 nitrogen and oxygen atoms in total. The van der Waals surface area contributed by atoms with Crippen LogP contribution >= 0.6 is 0 Å². The Morgan fingerprint density at radius 3 is 2.69 bits per heavy atom. The van der Waals surface area contributed by atoms with Gasteiger partial charge in [0, 0.05) is 39.6 Å². The lowest BCUT2D eigenvalue weighted by Crippen LogP contribution is -2.38. The van der Waals surface area contributed by atoms with Crippen molar-refractivity contribution in [2.75, 3.05) is 19.8 Å². The number of aryl methyl sites for hydroxylation is 1. The maximum absolute atomic E-state index is 13.5. The number of halogens is 1. The zero-order valence-electron chi connectivity index (χ0n) is 15.2. The zero-order valence-corrected chi connectivity index (χ0v) is 16.0. The molecule has 0 atom stereocenters. The third-order valence-corrected chi connectivity index (χ3v) is 4.56. The molecule has 0 aliphatic rings. The van der Waals surface area contributed by atoms with Gasteiger partial charge < -0.3 is 10.6 Å². The van der Waals surface area contributed by atoms with Crippen LogP contribution in [0.3, 0.4) is 0 Å². The minimum absolute atomic E-state index is 0.128. The summed E-state index contributed by atoms with van der Waals surface area (Å²) in [6.45, 7) is 0.930. The minimum atomic E-state index is -3.20. The smallest absolute Gasteiger partial charge is 0.191 e. The Kier molecular flexibility index (Phi) is 6.73. The zero-order chi connectivity index (χ0) is 19.2. The van der Waals surface area contributed by atoms with E-state index in [4.69, 9.17) is 0 Å². The first-order valence-electron chi connectivity index (χ1n) is 8.14. The Bertz CT molecular complexity index is 877. The Morgan fingerprint density at radius 2 is 2.08 bits per heavy atom. The SMILES string of the molecule is CN=C(NCCc1cnn(C)c1)NCc1cc(F)ccc1CS(C)(=O)=O. The molecule has 1 aromatic heterocycles. The first kappa shape index (κ1) is 19.9. The van der Waals surface area contributed by atoms with Crippen LogP contribution in [0.15, 0.2) is 35.6 Å². The van der Waals surface area contributed by atoms with Gasteiger partial charge in [0.25, 0.3) is 0 Å². The number of nitrogens with one attached hydrogen (secondary N) is 2. The van der Waals surface area contributed by atoms with E-state index in [1.165, 1.54) is 18.2 Å². The van der Waals surface area contributed by atoms with Crippen LogP contribution in [-0.4, -0.2) is 44.0 Å². The summed E-state index contributed by atoms with van der Waals surface area (Å²) in [4.78, 5) is 4.13. The molecule has 142 valence electrons. The van der Waals surface area contributed by atoms with E-state index in [0.29, 0.717) is 23.6 Å². The minimum Gasteiger partial charge on any atom is -0.356 e. The topological polar surface area (TPSA) is 88.4 Å². The van der Waals surface area contributed by atoms with Crippen LogP contribution in [-0.2, 0) is 35.6 Å². The molecule has 2 aromatic rings. The number of hydrogen-bond acceptors (Lipinski definition) is 4. The van der Waals surface area contributed by atoms with Gasteiger partial charge in [-0.1, -0.05) is 6.07 Å². The second-order valence-electron chi connectivity index (χ2n) is 6.11. The highest BCUT2D eigenvalue weighted by atomic mass is 32.2. The fraction of sp³-hybridized carbons (Fsp3) is 0.412. The number of nitrogens with zero attached hydrogens (tertiary/aromatic N) is 3. The summed E-state index contributed by atoms with van der Waals surface area (Å²) in [5, 5.41) is 10.4. The third-order valence-electron chi connectivity index (χ3n) is 3.72. The van der Waals surface area contributed by atoms with Crippen molar-refractivity contribution in [3.05, 3.63) is 53.1 Å². The Hall–Kier alpha value is -2.42. The molecule has 0 fully saturated rings. The van der Waals surface area contributed by atoms with Crippen molar-refractivity contribution < 1.29 is 12.8 Å². The monoisotopic (exact) mass is 381 g/mol. The van der Waals surface area contributed by atoms with E-state index in [0.717, 1.165) is 18.2 Å². The second-order valence-corrected chi connectivity index (χ2v) is 8.25. The summed E-state index contributed by atoms with van der Waals surface area (Å²) in [5.74, 6) is 0.0270. The predicted molar refractivity (Wildman–Crippen MR) is 100 cm³/mol. The summed E-state index contributed by atoms with van der Waals surface area (Å²) < 4.78 is 38.4. The summed E-state index contributed by atoms with van der Waals surface area (Å²) in [6, 6.07) is 4.12. The normalized spacial score (nSPS) is 12.2. The molecule has 0 unspecified atom stereocenters. The highest BCUT2D eigenvalue weighted by molar-refractivity contribution is 7.89. The Balaban J connectivity index is 1.94. The second kappa shape index (κ2) is 8.79. The fourth-order valence-corrected chi connectivity index (χ4v) is 3.35. The first-order valence-corrected chi connectivity index (χ1v) is 10.2. The van der Waals surface area contributed by atoms with Crippen molar-refractivity contribution >= 4 is 15.8 Å². The molecular formula is C17H24FN5O2S. The van der Waals surface area contributed by atoms with E-state index < -0.39 is 15.7 Å². The fourth-order valence-electron chi connectivity index (χ4n) is 2.51. The number of rotatable bonds is 7. The van der Waals surface area contributed by atoms with Crippen LogP contribution in [0.2, 0.25) is 0 Å². The maximum Gasteiger partial charge on any atom is 0.191 e. The number of sulfone groups is 1. The highest BCUT2D eigenvalue weighted by Gasteiger charge is 2.11. The first-order chi connectivity index (χ1) is 12.3. The van der Waals surface area contributed by atoms with Crippen molar-refractivity contribution in [2.24, 2.45) is 12.0 Å². The summed E-state index contributed by atoms with van der Waals surface area (Å²) >= 11 is 0. The molecule has 0 spiro atoms. The third kappa shape index (κ3) is 6.47. The lowest BCUT2D eigenvalue weighted by atomic mass is 10.1. The van der Waals surface area contributed by atoms with Gasteiger partial charge in [-0.05, 0) is 35.2 Å².